The fraction of sp³-hybridized carbons (Fsp3) is 0.923. The molecule has 1 spiro atoms. The van der Waals surface area contributed by atoms with Crippen LogP contribution in [0.1, 0.15) is 32.6 Å². The van der Waals surface area contributed by atoms with Crippen molar-refractivity contribution in [3.05, 3.63) is 0 Å². The van der Waals surface area contributed by atoms with Gasteiger partial charge in [-0.3, -0.25) is 4.79 Å². The lowest BCUT2D eigenvalue weighted by atomic mass is 9.73. The number of likely N-dealkylation sites (tertiary alicyclic amines) is 1. The van der Waals surface area contributed by atoms with E-state index in [1.165, 1.54) is 4.31 Å². The Morgan fingerprint density at radius 1 is 1.25 bits per heavy atom. The highest BCUT2D eigenvalue weighted by Gasteiger charge is 2.42. The smallest absolute Gasteiger partial charge is 0.281 e. The Balaban J connectivity index is 2.01. The third kappa shape index (κ3) is 2.84. The summed E-state index contributed by atoms with van der Waals surface area (Å²) in [6, 6.07) is 0. The average Bonchev–Trinajstić information content (AvgIpc) is 2.43. The van der Waals surface area contributed by atoms with Gasteiger partial charge in [-0.15, -0.1) is 0 Å². The van der Waals surface area contributed by atoms with Crippen LogP contribution in [0.4, 0.5) is 0 Å². The molecule has 116 valence electrons. The lowest BCUT2D eigenvalue weighted by Gasteiger charge is -2.46. The summed E-state index contributed by atoms with van der Waals surface area (Å²) in [6.07, 6.45) is 3.19. The monoisotopic (exact) mass is 303 g/mol. The second-order valence-corrected chi connectivity index (χ2v) is 8.11. The molecule has 0 radical (unpaired) electrons. The molecule has 0 saturated carbocycles. The Bertz CT molecular complexity index is 469. The normalized spacial score (nSPS) is 24.6. The lowest BCUT2D eigenvalue weighted by molar-refractivity contribution is -0.136. The molecule has 0 atom stereocenters. The standard InChI is InChI=1S/C13H25N3O3S/c1-4-15(3)20(18,19)16-9-7-13(8-10-16)6-5-12(17)14(2)11-13/h4-11H2,1-3H3. The van der Waals surface area contributed by atoms with Gasteiger partial charge in [0.25, 0.3) is 10.2 Å². The van der Waals surface area contributed by atoms with Crippen LogP contribution in [-0.2, 0) is 15.0 Å². The summed E-state index contributed by atoms with van der Waals surface area (Å²) in [5, 5.41) is 0. The van der Waals surface area contributed by atoms with Crippen LogP contribution in [0.3, 0.4) is 0 Å². The predicted molar refractivity (Wildman–Crippen MR) is 77.3 cm³/mol. The van der Waals surface area contributed by atoms with Gasteiger partial charge >= 0.3 is 0 Å². The summed E-state index contributed by atoms with van der Waals surface area (Å²) in [4.78, 5) is 13.4. The van der Waals surface area contributed by atoms with Gasteiger partial charge < -0.3 is 4.90 Å². The van der Waals surface area contributed by atoms with E-state index in [2.05, 4.69) is 0 Å². The van der Waals surface area contributed by atoms with Crippen LogP contribution < -0.4 is 0 Å². The number of hydrogen-bond donors (Lipinski definition) is 0. The van der Waals surface area contributed by atoms with Crippen molar-refractivity contribution < 1.29 is 13.2 Å². The fourth-order valence-corrected chi connectivity index (χ4v) is 4.56. The van der Waals surface area contributed by atoms with E-state index in [-0.39, 0.29) is 11.3 Å². The summed E-state index contributed by atoms with van der Waals surface area (Å²) in [6.45, 7) is 4.22. The Labute approximate surface area is 121 Å². The van der Waals surface area contributed by atoms with E-state index in [0.29, 0.717) is 26.1 Å². The molecule has 20 heavy (non-hydrogen) atoms. The van der Waals surface area contributed by atoms with Crippen molar-refractivity contribution in [2.24, 2.45) is 5.41 Å². The first-order valence-electron chi connectivity index (χ1n) is 7.26. The molecule has 0 N–H and O–H groups in total. The van der Waals surface area contributed by atoms with E-state index >= 15 is 0 Å². The van der Waals surface area contributed by atoms with Crippen molar-refractivity contribution in [3.8, 4) is 0 Å². The molecule has 7 heteroatoms. The van der Waals surface area contributed by atoms with E-state index < -0.39 is 10.2 Å². The number of hydrogen-bond acceptors (Lipinski definition) is 3. The number of piperidine rings is 2. The van der Waals surface area contributed by atoms with Crippen LogP contribution in [0.25, 0.3) is 0 Å². The average molecular weight is 303 g/mol. The molecule has 0 aromatic rings. The van der Waals surface area contributed by atoms with Crippen molar-refractivity contribution in [3.63, 3.8) is 0 Å². The van der Waals surface area contributed by atoms with E-state index in [9.17, 15) is 13.2 Å². The molecule has 0 aromatic carbocycles. The third-order valence-electron chi connectivity index (χ3n) is 4.82. The third-order valence-corrected chi connectivity index (χ3v) is 6.88. The van der Waals surface area contributed by atoms with Crippen molar-refractivity contribution in [1.29, 1.82) is 0 Å². The van der Waals surface area contributed by atoms with Gasteiger partial charge in [-0.1, -0.05) is 6.92 Å². The number of amides is 1. The molecule has 0 aromatic heterocycles. The molecular formula is C13H25N3O3S. The minimum atomic E-state index is -3.31. The first-order chi connectivity index (χ1) is 9.31. The summed E-state index contributed by atoms with van der Waals surface area (Å²) in [7, 11) is 0.157. The van der Waals surface area contributed by atoms with Crippen LogP contribution in [0.5, 0.6) is 0 Å². The van der Waals surface area contributed by atoms with Crippen LogP contribution in [0.2, 0.25) is 0 Å². The van der Waals surface area contributed by atoms with Crippen LogP contribution in [0.15, 0.2) is 0 Å². The summed E-state index contributed by atoms with van der Waals surface area (Å²) in [5.41, 5.74) is 0.124. The molecule has 2 aliphatic heterocycles. The van der Waals surface area contributed by atoms with Crippen molar-refractivity contribution >= 4 is 16.1 Å². The fourth-order valence-electron chi connectivity index (χ4n) is 3.19. The first-order valence-corrected chi connectivity index (χ1v) is 8.66. The highest BCUT2D eigenvalue weighted by Crippen LogP contribution is 2.40. The molecule has 1 amide bonds. The molecule has 0 bridgehead atoms. The van der Waals surface area contributed by atoms with E-state index in [1.54, 1.807) is 16.3 Å². The van der Waals surface area contributed by atoms with Gasteiger partial charge in [-0.05, 0) is 24.7 Å². The lowest BCUT2D eigenvalue weighted by Crippen LogP contribution is -2.53. The van der Waals surface area contributed by atoms with E-state index in [1.807, 2.05) is 14.0 Å². The maximum Gasteiger partial charge on any atom is 0.281 e. The van der Waals surface area contributed by atoms with Gasteiger partial charge in [0.1, 0.15) is 0 Å². The van der Waals surface area contributed by atoms with Crippen LogP contribution in [-0.4, -0.2) is 68.1 Å². The summed E-state index contributed by atoms with van der Waals surface area (Å²) >= 11 is 0. The molecular weight excluding hydrogens is 278 g/mol. The number of carbonyl (C=O) groups is 1. The zero-order valence-corrected chi connectivity index (χ0v) is 13.4. The van der Waals surface area contributed by atoms with E-state index in [0.717, 1.165) is 25.8 Å². The van der Waals surface area contributed by atoms with Gasteiger partial charge in [0.2, 0.25) is 5.91 Å². The second kappa shape index (κ2) is 5.61. The molecule has 2 saturated heterocycles. The maximum atomic E-state index is 12.3. The van der Waals surface area contributed by atoms with Crippen molar-refractivity contribution in [2.45, 2.75) is 32.6 Å². The highest BCUT2D eigenvalue weighted by atomic mass is 32.2. The molecule has 2 aliphatic rings. The summed E-state index contributed by atoms with van der Waals surface area (Å²) < 4.78 is 27.6. The zero-order chi connectivity index (χ0) is 15.0. The highest BCUT2D eigenvalue weighted by molar-refractivity contribution is 7.86. The zero-order valence-electron chi connectivity index (χ0n) is 12.6. The molecule has 6 nitrogen and oxygen atoms in total. The quantitative estimate of drug-likeness (QED) is 0.763. The molecule has 0 aliphatic carbocycles. The molecule has 0 unspecified atom stereocenters. The Hall–Kier alpha value is -0.660. The largest absolute Gasteiger partial charge is 0.345 e. The number of nitrogens with zero attached hydrogens (tertiary/aromatic N) is 3. The van der Waals surface area contributed by atoms with Gasteiger partial charge in [0, 0.05) is 46.7 Å². The number of rotatable bonds is 3. The molecule has 2 rings (SSSR count). The minimum Gasteiger partial charge on any atom is -0.345 e. The van der Waals surface area contributed by atoms with Gasteiger partial charge in [0.15, 0.2) is 0 Å². The van der Waals surface area contributed by atoms with Gasteiger partial charge in [0.05, 0.1) is 0 Å². The second-order valence-electron chi connectivity index (χ2n) is 6.07. The van der Waals surface area contributed by atoms with Crippen molar-refractivity contribution in [2.75, 3.05) is 40.3 Å². The topological polar surface area (TPSA) is 60.9 Å². The van der Waals surface area contributed by atoms with Crippen LogP contribution >= 0.6 is 0 Å². The number of carbonyl (C=O) groups excluding carboxylic acids is 1. The van der Waals surface area contributed by atoms with E-state index in [4.69, 9.17) is 0 Å². The SMILES string of the molecule is CCN(C)S(=O)(=O)N1CCC2(CCC(=O)N(C)C2)CC1. The van der Waals surface area contributed by atoms with Crippen molar-refractivity contribution in [1.82, 2.24) is 13.5 Å². The first kappa shape index (κ1) is 15.7. The van der Waals surface area contributed by atoms with Gasteiger partial charge in [-0.2, -0.15) is 17.0 Å². The van der Waals surface area contributed by atoms with Gasteiger partial charge in [-0.25, -0.2) is 0 Å². The van der Waals surface area contributed by atoms with Crippen LogP contribution in [0, 0.1) is 5.41 Å². The molecule has 2 heterocycles. The Kier molecular flexibility index (Phi) is 4.41. The maximum absolute atomic E-state index is 12.3. The Morgan fingerprint density at radius 3 is 2.35 bits per heavy atom. The predicted octanol–water partition coefficient (Wildman–Crippen LogP) is 0.517. The Morgan fingerprint density at radius 2 is 1.85 bits per heavy atom. The molecule has 2 fully saturated rings. The minimum absolute atomic E-state index is 0.124. The summed E-state index contributed by atoms with van der Waals surface area (Å²) in [5.74, 6) is 0.205.